The number of thiophene rings is 1. The molecule has 1 aromatic carbocycles. The molecule has 0 spiro atoms. The number of halogens is 1. The number of benzene rings is 1. The van der Waals surface area contributed by atoms with Crippen LogP contribution in [0, 0.1) is 6.92 Å². The quantitative estimate of drug-likeness (QED) is 0.620. The van der Waals surface area contributed by atoms with Crippen molar-refractivity contribution in [2.45, 2.75) is 19.0 Å². The summed E-state index contributed by atoms with van der Waals surface area (Å²) in [6.45, 7) is 2.09. The SMILES string of the molecule is Cc1cccc(N2C(=S)N[C@@H](c3ccccn3)[C@H]2c2ccc(Cl)s2)c1. The Hall–Kier alpha value is -1.95. The summed E-state index contributed by atoms with van der Waals surface area (Å²) in [5.41, 5.74) is 3.24. The molecular weight excluding hydrogens is 370 g/mol. The summed E-state index contributed by atoms with van der Waals surface area (Å²) in [5.74, 6) is 0. The molecule has 3 heterocycles. The Balaban J connectivity index is 1.83. The highest BCUT2D eigenvalue weighted by atomic mass is 35.5. The van der Waals surface area contributed by atoms with Crippen LogP contribution in [-0.2, 0) is 0 Å². The molecule has 1 fully saturated rings. The molecule has 1 saturated heterocycles. The summed E-state index contributed by atoms with van der Waals surface area (Å²) in [7, 11) is 0. The summed E-state index contributed by atoms with van der Waals surface area (Å²) in [6.07, 6.45) is 1.81. The fourth-order valence-electron chi connectivity index (χ4n) is 3.19. The Morgan fingerprint density at radius 1 is 1.16 bits per heavy atom. The standard InChI is InChI=1S/C19H16ClN3S2/c1-12-5-4-6-13(11-12)23-18(15-8-9-16(20)25-15)17(22-19(23)24)14-7-2-3-10-21-14/h2-11,17-18H,1H3,(H,22,24)/t17-,18+/m0/s1. The molecule has 2 aromatic heterocycles. The Kier molecular flexibility index (Phi) is 4.46. The molecule has 1 N–H and O–H groups in total. The number of nitrogens with one attached hydrogen (secondary N) is 1. The molecule has 6 heteroatoms. The van der Waals surface area contributed by atoms with E-state index in [1.54, 1.807) is 11.3 Å². The zero-order valence-corrected chi connectivity index (χ0v) is 15.9. The van der Waals surface area contributed by atoms with Crippen molar-refractivity contribution in [1.29, 1.82) is 0 Å². The van der Waals surface area contributed by atoms with Crippen molar-refractivity contribution in [3.05, 3.63) is 81.3 Å². The second-order valence-corrected chi connectivity index (χ2v) is 8.11. The van der Waals surface area contributed by atoms with Crippen LogP contribution in [0.3, 0.4) is 0 Å². The molecule has 1 aliphatic heterocycles. The lowest BCUT2D eigenvalue weighted by Crippen LogP contribution is -2.29. The van der Waals surface area contributed by atoms with Gasteiger partial charge in [0.2, 0.25) is 0 Å². The molecule has 0 radical (unpaired) electrons. The van der Waals surface area contributed by atoms with Crippen LogP contribution < -0.4 is 10.2 Å². The Bertz CT molecular complexity index is 910. The third-order valence-corrected chi connectivity index (χ3v) is 5.88. The van der Waals surface area contributed by atoms with Crippen LogP contribution in [0.4, 0.5) is 5.69 Å². The average Bonchev–Trinajstić information content (AvgIpc) is 3.18. The Morgan fingerprint density at radius 3 is 2.72 bits per heavy atom. The third kappa shape index (κ3) is 3.15. The topological polar surface area (TPSA) is 28.2 Å². The Labute approximate surface area is 161 Å². The average molecular weight is 386 g/mol. The maximum absolute atomic E-state index is 6.22. The lowest BCUT2D eigenvalue weighted by molar-refractivity contribution is 0.575. The van der Waals surface area contributed by atoms with Crippen LogP contribution in [0.5, 0.6) is 0 Å². The van der Waals surface area contributed by atoms with E-state index < -0.39 is 0 Å². The highest BCUT2D eigenvalue weighted by Crippen LogP contribution is 2.44. The van der Waals surface area contributed by atoms with E-state index >= 15 is 0 Å². The van der Waals surface area contributed by atoms with Gasteiger partial charge in [-0.05, 0) is 61.1 Å². The molecule has 2 atom stereocenters. The minimum Gasteiger partial charge on any atom is -0.351 e. The van der Waals surface area contributed by atoms with E-state index in [0.717, 1.165) is 20.6 Å². The number of hydrogen-bond acceptors (Lipinski definition) is 3. The van der Waals surface area contributed by atoms with E-state index in [-0.39, 0.29) is 12.1 Å². The van der Waals surface area contributed by atoms with Gasteiger partial charge in [0.1, 0.15) is 0 Å². The van der Waals surface area contributed by atoms with Gasteiger partial charge >= 0.3 is 0 Å². The molecule has 126 valence electrons. The van der Waals surface area contributed by atoms with E-state index in [0.29, 0.717) is 5.11 Å². The largest absolute Gasteiger partial charge is 0.351 e. The smallest absolute Gasteiger partial charge is 0.174 e. The second kappa shape index (κ2) is 6.75. The van der Waals surface area contributed by atoms with Gasteiger partial charge < -0.3 is 10.2 Å². The summed E-state index contributed by atoms with van der Waals surface area (Å²) in [6, 6.07) is 18.3. The molecule has 0 bridgehead atoms. The Morgan fingerprint density at radius 2 is 2.04 bits per heavy atom. The fourth-order valence-corrected chi connectivity index (χ4v) is 4.72. The lowest BCUT2D eigenvalue weighted by atomic mass is 10.0. The molecule has 0 amide bonds. The number of aromatic nitrogens is 1. The number of nitrogens with zero attached hydrogens (tertiary/aromatic N) is 2. The fraction of sp³-hybridized carbons (Fsp3) is 0.158. The first-order chi connectivity index (χ1) is 12.1. The van der Waals surface area contributed by atoms with E-state index in [4.69, 9.17) is 23.8 Å². The van der Waals surface area contributed by atoms with Crippen LogP contribution in [0.15, 0.2) is 60.8 Å². The lowest BCUT2D eigenvalue weighted by Gasteiger charge is -2.27. The van der Waals surface area contributed by atoms with E-state index in [1.807, 2.05) is 30.5 Å². The highest BCUT2D eigenvalue weighted by Gasteiger charge is 2.41. The summed E-state index contributed by atoms with van der Waals surface area (Å²) < 4.78 is 0.775. The number of thiocarbonyl (C=S) groups is 1. The van der Waals surface area contributed by atoms with Crippen LogP contribution in [0.2, 0.25) is 4.34 Å². The number of rotatable bonds is 3. The van der Waals surface area contributed by atoms with E-state index in [1.165, 1.54) is 5.56 Å². The summed E-state index contributed by atoms with van der Waals surface area (Å²) in [5, 5.41) is 4.16. The first-order valence-corrected chi connectivity index (χ1v) is 9.56. The highest BCUT2D eigenvalue weighted by molar-refractivity contribution is 7.80. The minimum absolute atomic E-state index is 0.0155. The molecular formula is C19H16ClN3S2. The van der Waals surface area contributed by atoms with Gasteiger partial charge in [0.05, 0.1) is 22.1 Å². The number of aryl methyl sites for hydroxylation is 1. The van der Waals surface area contributed by atoms with Crippen molar-refractivity contribution in [2.75, 3.05) is 4.90 Å². The van der Waals surface area contributed by atoms with Crippen molar-refractivity contribution in [3.8, 4) is 0 Å². The molecule has 1 aliphatic rings. The predicted molar refractivity (Wildman–Crippen MR) is 108 cm³/mol. The van der Waals surface area contributed by atoms with Crippen molar-refractivity contribution in [2.24, 2.45) is 0 Å². The second-order valence-electron chi connectivity index (χ2n) is 5.98. The van der Waals surface area contributed by atoms with Gasteiger partial charge in [-0.3, -0.25) is 4.98 Å². The normalized spacial score (nSPS) is 19.9. The first-order valence-electron chi connectivity index (χ1n) is 7.96. The molecule has 4 rings (SSSR count). The molecule has 0 aliphatic carbocycles. The monoisotopic (exact) mass is 385 g/mol. The van der Waals surface area contributed by atoms with Gasteiger partial charge in [-0.15, -0.1) is 11.3 Å². The van der Waals surface area contributed by atoms with Crippen molar-refractivity contribution in [3.63, 3.8) is 0 Å². The molecule has 0 saturated carbocycles. The predicted octanol–water partition coefficient (Wildman–Crippen LogP) is 5.28. The van der Waals surface area contributed by atoms with Crippen molar-refractivity contribution >= 4 is 46.0 Å². The summed E-state index contributed by atoms with van der Waals surface area (Å²) >= 11 is 13.5. The van der Waals surface area contributed by atoms with Crippen LogP contribution in [0.25, 0.3) is 0 Å². The molecule has 25 heavy (non-hydrogen) atoms. The molecule has 0 unspecified atom stereocenters. The maximum atomic E-state index is 6.22. The van der Waals surface area contributed by atoms with Crippen LogP contribution >= 0.6 is 35.2 Å². The first kappa shape index (κ1) is 16.5. The van der Waals surface area contributed by atoms with Crippen molar-refractivity contribution < 1.29 is 0 Å². The number of hydrogen-bond donors (Lipinski definition) is 1. The van der Waals surface area contributed by atoms with Crippen molar-refractivity contribution in [1.82, 2.24) is 10.3 Å². The van der Waals surface area contributed by atoms with Gasteiger partial charge in [0.25, 0.3) is 0 Å². The molecule has 3 aromatic rings. The van der Waals surface area contributed by atoms with E-state index in [9.17, 15) is 0 Å². The van der Waals surface area contributed by atoms with Gasteiger partial charge in [0.15, 0.2) is 5.11 Å². The number of pyridine rings is 1. The maximum Gasteiger partial charge on any atom is 0.174 e. The van der Waals surface area contributed by atoms with Gasteiger partial charge in [-0.2, -0.15) is 0 Å². The van der Waals surface area contributed by atoms with Crippen LogP contribution in [-0.4, -0.2) is 10.1 Å². The minimum atomic E-state index is -0.0241. The number of anilines is 1. The van der Waals surface area contributed by atoms with Crippen LogP contribution in [0.1, 0.15) is 28.2 Å². The van der Waals surface area contributed by atoms with Gasteiger partial charge in [-0.25, -0.2) is 0 Å². The zero-order chi connectivity index (χ0) is 17.4. The molecule has 3 nitrogen and oxygen atoms in total. The summed E-state index contributed by atoms with van der Waals surface area (Å²) in [4.78, 5) is 7.88. The third-order valence-electron chi connectivity index (χ3n) is 4.26. The van der Waals surface area contributed by atoms with Gasteiger partial charge in [-0.1, -0.05) is 29.8 Å². The zero-order valence-electron chi connectivity index (χ0n) is 13.5. The van der Waals surface area contributed by atoms with E-state index in [2.05, 4.69) is 52.5 Å². The van der Waals surface area contributed by atoms with Gasteiger partial charge in [0, 0.05) is 16.8 Å².